The van der Waals surface area contributed by atoms with E-state index in [1.165, 1.54) is 6.92 Å². The van der Waals surface area contributed by atoms with Crippen LogP contribution in [0.2, 0.25) is 0 Å². The minimum Gasteiger partial charge on any atom is -0.481 e. The Morgan fingerprint density at radius 3 is 2.86 bits per heavy atom. The molecule has 1 heterocycles. The highest BCUT2D eigenvalue weighted by molar-refractivity contribution is 5.70. The maximum absolute atomic E-state index is 10.6. The third-order valence-electron chi connectivity index (χ3n) is 2.13. The number of rotatable bonds is 4. The van der Waals surface area contributed by atoms with E-state index in [4.69, 9.17) is 5.11 Å². The van der Waals surface area contributed by atoms with Crippen LogP contribution in [0.15, 0.2) is 24.5 Å². The predicted octanol–water partition coefficient (Wildman–Crippen LogP) is 0.706. The molecule has 76 valence electrons. The molecule has 2 N–H and O–H groups in total. The molecular formula is C10H13NO3. The summed E-state index contributed by atoms with van der Waals surface area (Å²) in [6, 6.07) is 3.57. The first-order chi connectivity index (χ1) is 6.61. The number of aliphatic carboxylic acids is 1. The van der Waals surface area contributed by atoms with E-state index >= 15 is 0 Å². The van der Waals surface area contributed by atoms with E-state index in [1.54, 1.807) is 18.5 Å². The number of aromatic nitrogens is 1. The first kappa shape index (κ1) is 10.7. The Labute approximate surface area is 82.2 Å². The van der Waals surface area contributed by atoms with Crippen molar-refractivity contribution in [2.45, 2.75) is 19.4 Å². The van der Waals surface area contributed by atoms with Gasteiger partial charge in [0, 0.05) is 18.8 Å². The lowest BCUT2D eigenvalue weighted by molar-refractivity contribution is -0.144. The zero-order valence-corrected chi connectivity index (χ0v) is 7.92. The van der Waals surface area contributed by atoms with Gasteiger partial charge in [-0.25, -0.2) is 0 Å². The highest BCUT2D eigenvalue weighted by Crippen LogP contribution is 2.09. The van der Waals surface area contributed by atoms with Gasteiger partial charge in [-0.05, 0) is 18.6 Å². The quantitative estimate of drug-likeness (QED) is 0.742. The molecule has 1 aromatic rings. The zero-order valence-electron chi connectivity index (χ0n) is 7.92. The summed E-state index contributed by atoms with van der Waals surface area (Å²) in [4.78, 5) is 14.4. The molecule has 0 saturated carbocycles. The average molecular weight is 195 g/mol. The molecule has 14 heavy (non-hydrogen) atoms. The highest BCUT2D eigenvalue weighted by atomic mass is 16.4. The van der Waals surface area contributed by atoms with Gasteiger partial charge >= 0.3 is 5.97 Å². The number of aliphatic hydroxyl groups excluding tert-OH is 1. The van der Waals surface area contributed by atoms with Crippen LogP contribution in [0.3, 0.4) is 0 Å². The molecule has 0 radical (unpaired) electrons. The fourth-order valence-electron chi connectivity index (χ4n) is 1.10. The SMILES string of the molecule is CC(C(=O)O)C(O)Cc1cccnc1. The summed E-state index contributed by atoms with van der Waals surface area (Å²) < 4.78 is 0. The second kappa shape index (κ2) is 4.72. The van der Waals surface area contributed by atoms with Crippen LogP contribution in [0.4, 0.5) is 0 Å². The Morgan fingerprint density at radius 1 is 1.64 bits per heavy atom. The van der Waals surface area contributed by atoms with Gasteiger partial charge in [-0.15, -0.1) is 0 Å². The molecule has 0 saturated heterocycles. The molecule has 0 spiro atoms. The van der Waals surface area contributed by atoms with Gasteiger partial charge in [0.25, 0.3) is 0 Å². The lowest BCUT2D eigenvalue weighted by atomic mass is 9.99. The summed E-state index contributed by atoms with van der Waals surface area (Å²) in [5, 5.41) is 18.2. The second-order valence-corrected chi connectivity index (χ2v) is 3.26. The Kier molecular flexibility index (Phi) is 3.59. The van der Waals surface area contributed by atoms with Crippen LogP contribution in [0.25, 0.3) is 0 Å². The average Bonchev–Trinajstić information content (AvgIpc) is 2.18. The fourth-order valence-corrected chi connectivity index (χ4v) is 1.10. The Hall–Kier alpha value is -1.42. The van der Waals surface area contributed by atoms with Crippen LogP contribution in [-0.2, 0) is 11.2 Å². The topological polar surface area (TPSA) is 70.4 Å². The van der Waals surface area contributed by atoms with Gasteiger partial charge in [0.1, 0.15) is 0 Å². The minimum atomic E-state index is -0.985. The van der Waals surface area contributed by atoms with Crippen molar-refractivity contribution in [2.24, 2.45) is 5.92 Å². The van der Waals surface area contributed by atoms with E-state index in [1.807, 2.05) is 6.07 Å². The molecule has 2 atom stereocenters. The summed E-state index contributed by atoms with van der Waals surface area (Å²) in [6.07, 6.45) is 2.71. The Morgan fingerprint density at radius 2 is 2.36 bits per heavy atom. The van der Waals surface area contributed by atoms with Crippen molar-refractivity contribution in [2.75, 3.05) is 0 Å². The lowest BCUT2D eigenvalue weighted by Gasteiger charge is -2.14. The number of carboxylic acid groups (broad SMARTS) is 1. The molecule has 0 fully saturated rings. The number of carbonyl (C=O) groups is 1. The standard InChI is InChI=1S/C10H13NO3/c1-7(10(13)14)9(12)5-8-3-2-4-11-6-8/h2-4,6-7,9,12H,5H2,1H3,(H,13,14). The van der Waals surface area contributed by atoms with E-state index < -0.39 is 18.0 Å². The highest BCUT2D eigenvalue weighted by Gasteiger charge is 2.21. The molecule has 0 aliphatic rings. The van der Waals surface area contributed by atoms with Crippen LogP contribution in [0.1, 0.15) is 12.5 Å². The van der Waals surface area contributed by atoms with Crippen LogP contribution < -0.4 is 0 Å². The smallest absolute Gasteiger partial charge is 0.308 e. The maximum atomic E-state index is 10.6. The fraction of sp³-hybridized carbons (Fsp3) is 0.400. The molecular weight excluding hydrogens is 182 g/mol. The predicted molar refractivity (Wildman–Crippen MR) is 50.7 cm³/mol. The lowest BCUT2D eigenvalue weighted by Crippen LogP contribution is -2.27. The van der Waals surface area contributed by atoms with E-state index in [-0.39, 0.29) is 0 Å². The Bertz CT molecular complexity index is 299. The third-order valence-corrected chi connectivity index (χ3v) is 2.13. The van der Waals surface area contributed by atoms with Crippen molar-refractivity contribution >= 4 is 5.97 Å². The van der Waals surface area contributed by atoms with Crippen LogP contribution in [-0.4, -0.2) is 27.3 Å². The van der Waals surface area contributed by atoms with Gasteiger partial charge < -0.3 is 10.2 Å². The summed E-state index contributed by atoms with van der Waals surface area (Å²) in [6.45, 7) is 1.49. The van der Waals surface area contributed by atoms with E-state index in [0.717, 1.165) is 5.56 Å². The number of hydrogen-bond acceptors (Lipinski definition) is 3. The van der Waals surface area contributed by atoms with Crippen LogP contribution in [0.5, 0.6) is 0 Å². The largest absolute Gasteiger partial charge is 0.481 e. The molecule has 0 aromatic carbocycles. The van der Waals surface area contributed by atoms with Crippen molar-refractivity contribution in [3.8, 4) is 0 Å². The third kappa shape index (κ3) is 2.81. The molecule has 0 bridgehead atoms. The summed E-state index contributed by atoms with van der Waals surface area (Å²) in [5.41, 5.74) is 0.841. The molecule has 4 heteroatoms. The number of aliphatic hydroxyl groups is 1. The van der Waals surface area contributed by atoms with Crippen LogP contribution in [0, 0.1) is 5.92 Å². The zero-order chi connectivity index (χ0) is 10.6. The van der Waals surface area contributed by atoms with E-state index in [0.29, 0.717) is 6.42 Å². The molecule has 4 nitrogen and oxygen atoms in total. The molecule has 2 unspecified atom stereocenters. The molecule has 0 amide bonds. The van der Waals surface area contributed by atoms with Crippen molar-refractivity contribution in [3.05, 3.63) is 30.1 Å². The summed E-state index contributed by atoms with van der Waals surface area (Å²) in [7, 11) is 0. The number of pyridine rings is 1. The first-order valence-corrected chi connectivity index (χ1v) is 4.41. The first-order valence-electron chi connectivity index (χ1n) is 4.41. The van der Waals surface area contributed by atoms with Crippen LogP contribution >= 0.6 is 0 Å². The summed E-state index contributed by atoms with van der Waals surface area (Å²) in [5.74, 6) is -1.74. The molecule has 1 rings (SSSR count). The van der Waals surface area contributed by atoms with Crippen molar-refractivity contribution in [3.63, 3.8) is 0 Å². The van der Waals surface area contributed by atoms with Crippen molar-refractivity contribution in [1.29, 1.82) is 0 Å². The van der Waals surface area contributed by atoms with Gasteiger partial charge in [-0.1, -0.05) is 6.07 Å². The number of hydrogen-bond donors (Lipinski definition) is 2. The second-order valence-electron chi connectivity index (χ2n) is 3.26. The van der Waals surface area contributed by atoms with Crippen molar-refractivity contribution in [1.82, 2.24) is 4.98 Å². The molecule has 0 aliphatic heterocycles. The monoisotopic (exact) mass is 195 g/mol. The maximum Gasteiger partial charge on any atom is 0.308 e. The van der Waals surface area contributed by atoms with Gasteiger partial charge in [-0.3, -0.25) is 9.78 Å². The number of carboxylic acids is 1. The van der Waals surface area contributed by atoms with E-state index in [2.05, 4.69) is 4.98 Å². The summed E-state index contributed by atoms with van der Waals surface area (Å²) >= 11 is 0. The van der Waals surface area contributed by atoms with Gasteiger partial charge in [0.15, 0.2) is 0 Å². The molecule has 1 aromatic heterocycles. The van der Waals surface area contributed by atoms with Gasteiger partial charge in [0.05, 0.1) is 12.0 Å². The van der Waals surface area contributed by atoms with Gasteiger partial charge in [-0.2, -0.15) is 0 Å². The minimum absolute atomic E-state index is 0.321. The Balaban J connectivity index is 2.57. The van der Waals surface area contributed by atoms with Crippen molar-refractivity contribution < 1.29 is 15.0 Å². The number of nitrogens with zero attached hydrogens (tertiary/aromatic N) is 1. The molecule has 0 aliphatic carbocycles. The van der Waals surface area contributed by atoms with E-state index in [9.17, 15) is 9.90 Å². The van der Waals surface area contributed by atoms with Gasteiger partial charge in [0.2, 0.25) is 0 Å². The normalized spacial score (nSPS) is 14.7.